The predicted molar refractivity (Wildman–Crippen MR) is 71.9 cm³/mol. The van der Waals surface area contributed by atoms with Crippen LogP contribution in [-0.4, -0.2) is 5.11 Å². The quantitative estimate of drug-likeness (QED) is 0.659. The maximum Gasteiger partial charge on any atom is 0.396 e. The molecule has 0 saturated carbocycles. The van der Waals surface area contributed by atoms with Crippen LogP contribution in [-0.2, 0) is 0 Å². The number of fused-ring (bicyclic) bond motifs is 1. The molecule has 3 aromatic rings. The standard InChI is InChI=1S/C13H9NO3S/c14-8-3-1-7(2-4-8)10-5-9(15)6-11-12(10)17-13(16)18-11/h1-6,15H,14H2. The first-order chi connectivity index (χ1) is 8.63. The van der Waals surface area contributed by atoms with Crippen molar-refractivity contribution in [2.75, 3.05) is 5.73 Å². The molecular formula is C13H9NO3S. The van der Waals surface area contributed by atoms with Crippen LogP contribution in [0.2, 0.25) is 0 Å². The van der Waals surface area contributed by atoms with Crippen LogP contribution in [0.3, 0.4) is 0 Å². The molecule has 0 spiro atoms. The van der Waals surface area contributed by atoms with Crippen molar-refractivity contribution in [2.45, 2.75) is 0 Å². The zero-order chi connectivity index (χ0) is 12.7. The van der Waals surface area contributed by atoms with Crippen LogP contribution in [0.25, 0.3) is 21.4 Å². The lowest BCUT2D eigenvalue weighted by atomic mass is 10.0. The zero-order valence-electron chi connectivity index (χ0n) is 9.21. The van der Waals surface area contributed by atoms with E-state index in [0.717, 1.165) is 16.9 Å². The topological polar surface area (TPSA) is 76.5 Å². The maximum atomic E-state index is 11.3. The summed E-state index contributed by atoms with van der Waals surface area (Å²) in [7, 11) is 0. The second kappa shape index (κ2) is 3.89. The van der Waals surface area contributed by atoms with E-state index in [1.165, 1.54) is 6.07 Å². The fourth-order valence-electron chi connectivity index (χ4n) is 1.84. The van der Waals surface area contributed by atoms with Gasteiger partial charge in [0.15, 0.2) is 5.58 Å². The summed E-state index contributed by atoms with van der Waals surface area (Å²) < 4.78 is 5.79. The summed E-state index contributed by atoms with van der Waals surface area (Å²) in [4.78, 5) is 10.9. The Hall–Kier alpha value is -2.27. The van der Waals surface area contributed by atoms with E-state index in [1.54, 1.807) is 18.2 Å². The van der Waals surface area contributed by atoms with Crippen LogP contribution in [0.4, 0.5) is 5.69 Å². The molecule has 1 heterocycles. The molecule has 0 aliphatic heterocycles. The Labute approximate surface area is 106 Å². The molecule has 1 aromatic heterocycles. The Balaban J connectivity index is 2.33. The number of phenols is 1. The Morgan fingerprint density at radius 2 is 1.89 bits per heavy atom. The monoisotopic (exact) mass is 259 g/mol. The number of nitrogens with two attached hydrogens (primary N) is 1. The molecule has 0 saturated heterocycles. The lowest BCUT2D eigenvalue weighted by Crippen LogP contribution is -1.85. The van der Waals surface area contributed by atoms with Gasteiger partial charge in [0, 0.05) is 17.3 Å². The summed E-state index contributed by atoms with van der Waals surface area (Å²) in [6.45, 7) is 0. The van der Waals surface area contributed by atoms with Crippen molar-refractivity contribution < 1.29 is 9.52 Å². The van der Waals surface area contributed by atoms with Crippen LogP contribution < -0.4 is 10.7 Å². The number of benzene rings is 2. The summed E-state index contributed by atoms with van der Waals surface area (Å²) >= 11 is 0.971. The fraction of sp³-hybridized carbons (Fsp3) is 0. The Bertz CT molecular complexity index is 771. The number of hydrogen-bond acceptors (Lipinski definition) is 5. The first kappa shape index (κ1) is 10.9. The predicted octanol–water partition coefficient (Wildman–Crippen LogP) is 2.81. The van der Waals surface area contributed by atoms with Crippen molar-refractivity contribution >= 4 is 27.3 Å². The molecule has 90 valence electrons. The minimum atomic E-state index is -0.382. The van der Waals surface area contributed by atoms with E-state index in [0.29, 0.717) is 21.5 Å². The molecule has 0 fully saturated rings. The van der Waals surface area contributed by atoms with Gasteiger partial charge in [-0.15, -0.1) is 0 Å². The second-order valence-electron chi connectivity index (χ2n) is 3.90. The highest BCUT2D eigenvalue weighted by atomic mass is 32.1. The van der Waals surface area contributed by atoms with Gasteiger partial charge in [-0.1, -0.05) is 23.5 Å². The summed E-state index contributed by atoms with van der Waals surface area (Å²) in [6, 6.07) is 10.3. The number of nitrogen functional groups attached to an aromatic ring is 1. The molecule has 3 N–H and O–H groups in total. The molecule has 18 heavy (non-hydrogen) atoms. The third kappa shape index (κ3) is 1.74. The van der Waals surface area contributed by atoms with E-state index < -0.39 is 0 Å². The van der Waals surface area contributed by atoms with Crippen molar-refractivity contribution in [3.05, 3.63) is 46.1 Å². The van der Waals surface area contributed by atoms with Gasteiger partial charge >= 0.3 is 4.94 Å². The van der Waals surface area contributed by atoms with E-state index in [2.05, 4.69) is 0 Å². The van der Waals surface area contributed by atoms with Crippen LogP contribution in [0.5, 0.6) is 5.75 Å². The fourth-order valence-corrected chi connectivity index (χ4v) is 2.57. The molecule has 0 atom stereocenters. The normalized spacial score (nSPS) is 10.9. The van der Waals surface area contributed by atoms with E-state index >= 15 is 0 Å². The maximum absolute atomic E-state index is 11.3. The number of anilines is 1. The van der Waals surface area contributed by atoms with Gasteiger partial charge in [-0.25, -0.2) is 4.79 Å². The average Bonchev–Trinajstić information content (AvgIpc) is 2.69. The number of hydrogen-bond donors (Lipinski definition) is 2. The first-order valence-electron chi connectivity index (χ1n) is 5.26. The third-order valence-corrected chi connectivity index (χ3v) is 3.41. The molecule has 5 heteroatoms. The highest BCUT2D eigenvalue weighted by Crippen LogP contribution is 2.34. The van der Waals surface area contributed by atoms with Crippen molar-refractivity contribution in [3.63, 3.8) is 0 Å². The zero-order valence-corrected chi connectivity index (χ0v) is 10.0. The van der Waals surface area contributed by atoms with E-state index in [9.17, 15) is 9.90 Å². The Morgan fingerprint density at radius 1 is 1.17 bits per heavy atom. The van der Waals surface area contributed by atoms with Gasteiger partial charge in [-0.05, 0) is 23.8 Å². The smallest absolute Gasteiger partial charge is 0.396 e. The van der Waals surface area contributed by atoms with Crippen molar-refractivity contribution in [2.24, 2.45) is 0 Å². The molecule has 3 rings (SSSR count). The van der Waals surface area contributed by atoms with Crippen molar-refractivity contribution in [1.82, 2.24) is 0 Å². The second-order valence-corrected chi connectivity index (χ2v) is 4.87. The summed E-state index contributed by atoms with van der Waals surface area (Å²) in [5.41, 5.74) is 8.30. The minimum absolute atomic E-state index is 0.103. The molecule has 0 radical (unpaired) electrons. The molecule has 4 nitrogen and oxygen atoms in total. The highest BCUT2D eigenvalue weighted by molar-refractivity contribution is 7.16. The van der Waals surface area contributed by atoms with Gasteiger partial charge in [-0.3, -0.25) is 0 Å². The van der Waals surface area contributed by atoms with Gasteiger partial charge in [-0.2, -0.15) is 0 Å². The Kier molecular flexibility index (Phi) is 2.34. The minimum Gasteiger partial charge on any atom is -0.508 e. The van der Waals surface area contributed by atoms with Crippen molar-refractivity contribution in [1.29, 1.82) is 0 Å². The van der Waals surface area contributed by atoms with Crippen LogP contribution in [0, 0.1) is 0 Å². The van der Waals surface area contributed by atoms with Gasteiger partial charge in [0.1, 0.15) is 5.75 Å². The van der Waals surface area contributed by atoms with Gasteiger partial charge in [0.25, 0.3) is 0 Å². The largest absolute Gasteiger partial charge is 0.508 e. The molecule has 2 aromatic carbocycles. The highest BCUT2D eigenvalue weighted by Gasteiger charge is 2.11. The van der Waals surface area contributed by atoms with Crippen LogP contribution >= 0.6 is 11.3 Å². The summed E-state index contributed by atoms with van der Waals surface area (Å²) in [5.74, 6) is 0.103. The molecule has 0 bridgehead atoms. The van der Waals surface area contributed by atoms with Crippen molar-refractivity contribution in [3.8, 4) is 16.9 Å². The molecule has 0 amide bonds. The number of rotatable bonds is 1. The van der Waals surface area contributed by atoms with Gasteiger partial charge in [0.05, 0.1) is 4.70 Å². The average molecular weight is 259 g/mol. The Morgan fingerprint density at radius 3 is 2.61 bits per heavy atom. The lowest BCUT2D eigenvalue weighted by molar-refractivity contribution is 0.476. The number of aromatic hydroxyl groups is 1. The van der Waals surface area contributed by atoms with Crippen LogP contribution in [0.1, 0.15) is 0 Å². The SMILES string of the molecule is Nc1ccc(-c2cc(O)cc3sc(=O)oc23)cc1. The molecular weight excluding hydrogens is 250 g/mol. The van der Waals surface area contributed by atoms with E-state index in [-0.39, 0.29) is 10.7 Å². The lowest BCUT2D eigenvalue weighted by Gasteiger charge is -2.03. The summed E-state index contributed by atoms with van der Waals surface area (Å²) in [6.07, 6.45) is 0. The third-order valence-electron chi connectivity index (χ3n) is 2.64. The van der Waals surface area contributed by atoms with E-state index in [4.69, 9.17) is 10.2 Å². The number of phenolic OH excluding ortho intramolecular Hbond substituents is 1. The van der Waals surface area contributed by atoms with Gasteiger partial charge in [0.2, 0.25) is 0 Å². The first-order valence-corrected chi connectivity index (χ1v) is 6.08. The molecule has 0 aliphatic carbocycles. The van der Waals surface area contributed by atoms with Gasteiger partial charge < -0.3 is 15.3 Å². The molecule has 0 unspecified atom stereocenters. The van der Waals surface area contributed by atoms with Crippen LogP contribution in [0.15, 0.2) is 45.6 Å². The molecule has 0 aliphatic rings. The summed E-state index contributed by atoms with van der Waals surface area (Å²) in [5, 5.41) is 9.67. The van der Waals surface area contributed by atoms with E-state index in [1.807, 2.05) is 12.1 Å².